The molecule has 3 aliphatic rings. The molecule has 7 heteroatoms. The molecular weight excluding hydrogens is 458 g/mol. The summed E-state index contributed by atoms with van der Waals surface area (Å²) in [5.41, 5.74) is 2.00. The van der Waals surface area contributed by atoms with E-state index in [1.807, 2.05) is 24.3 Å². The first-order valence-corrected chi connectivity index (χ1v) is 13.7. The summed E-state index contributed by atoms with van der Waals surface area (Å²) in [6, 6.07) is 16.1. The van der Waals surface area contributed by atoms with Crippen molar-refractivity contribution < 1.29 is 14.6 Å². The van der Waals surface area contributed by atoms with Crippen molar-refractivity contribution in [2.45, 2.75) is 43.9 Å². The number of benzene rings is 2. The first-order chi connectivity index (χ1) is 17.1. The molecule has 1 aliphatic carbocycles. The quantitative estimate of drug-likeness (QED) is 0.470. The molecule has 3 atom stereocenters. The highest BCUT2D eigenvalue weighted by Crippen LogP contribution is 2.31. The highest BCUT2D eigenvalue weighted by atomic mass is 32.1. The molecule has 0 bridgehead atoms. The van der Waals surface area contributed by atoms with Gasteiger partial charge in [-0.05, 0) is 85.4 Å². The number of nitrogens with one attached hydrogen (secondary N) is 1. The zero-order chi connectivity index (χ0) is 23.8. The number of aliphatic hydroxyl groups excluding tert-OH is 1. The van der Waals surface area contributed by atoms with E-state index in [1.54, 1.807) is 11.3 Å². The number of nitrogens with zero attached hydrogens (tertiary/aromatic N) is 2. The van der Waals surface area contributed by atoms with Crippen LogP contribution in [0.2, 0.25) is 0 Å². The lowest BCUT2D eigenvalue weighted by molar-refractivity contribution is -0.126. The first-order valence-electron chi connectivity index (χ1n) is 12.8. The van der Waals surface area contributed by atoms with Gasteiger partial charge in [-0.15, -0.1) is 11.3 Å². The zero-order valence-corrected chi connectivity index (χ0v) is 20.8. The molecule has 3 fully saturated rings. The molecule has 0 radical (unpaired) electrons. The Morgan fingerprint density at radius 2 is 1.91 bits per heavy atom. The maximum absolute atomic E-state index is 13.3. The number of hydrogen-bond donors (Lipinski definition) is 2. The van der Waals surface area contributed by atoms with Gasteiger partial charge >= 0.3 is 0 Å². The average molecular weight is 492 g/mol. The number of aliphatic hydroxyl groups is 1. The van der Waals surface area contributed by atoms with E-state index in [9.17, 15) is 9.90 Å². The maximum Gasteiger partial charge on any atom is 0.225 e. The number of anilines is 1. The van der Waals surface area contributed by atoms with Gasteiger partial charge in [0.2, 0.25) is 5.91 Å². The molecule has 1 amide bonds. The average Bonchev–Trinajstić information content (AvgIpc) is 3.32. The van der Waals surface area contributed by atoms with Crippen LogP contribution < -0.4 is 15.0 Å². The number of ether oxygens (including phenoxy) is 1. The molecule has 0 spiro atoms. The third-order valence-electron chi connectivity index (χ3n) is 7.53. The number of amides is 1. The molecule has 184 valence electrons. The fraction of sp³-hybridized carbons (Fsp3) is 0.464. The lowest BCUT2D eigenvalue weighted by atomic mass is 9.99. The van der Waals surface area contributed by atoms with Crippen molar-refractivity contribution in [2.24, 2.45) is 5.92 Å². The Bertz CT molecular complexity index is 1170. The Hall–Kier alpha value is -2.61. The van der Waals surface area contributed by atoms with E-state index in [4.69, 9.17) is 4.74 Å². The Morgan fingerprint density at radius 3 is 2.66 bits per heavy atom. The summed E-state index contributed by atoms with van der Waals surface area (Å²) < 4.78 is 7.12. The maximum atomic E-state index is 13.3. The van der Waals surface area contributed by atoms with E-state index in [0.29, 0.717) is 19.2 Å². The normalized spacial score (nSPS) is 22.1. The standard InChI is InChI=1S/C28H33N3O3S/c32-27(20-3-6-23(7-4-20)34-24-8-9-24)25(18-30-12-1-13-30)29-28(33)21-10-14-31(17-21)22-5-2-19-11-15-35-26(19)16-22/h2-7,11,15-16,21,24-25,27,32H,1,8-10,12-14,17-18H2,(H,29,33). The van der Waals surface area contributed by atoms with Crippen LogP contribution in [-0.4, -0.2) is 60.8 Å². The van der Waals surface area contributed by atoms with Crippen LogP contribution in [-0.2, 0) is 4.79 Å². The van der Waals surface area contributed by atoms with Gasteiger partial charge in [-0.2, -0.15) is 0 Å². The van der Waals surface area contributed by atoms with Gasteiger partial charge in [0.1, 0.15) is 11.9 Å². The van der Waals surface area contributed by atoms with E-state index >= 15 is 0 Å². The van der Waals surface area contributed by atoms with Gasteiger partial charge in [-0.25, -0.2) is 0 Å². The van der Waals surface area contributed by atoms with Crippen LogP contribution in [0.4, 0.5) is 5.69 Å². The monoisotopic (exact) mass is 491 g/mol. The number of fused-ring (bicyclic) bond motifs is 1. The summed E-state index contributed by atoms with van der Waals surface area (Å²) in [7, 11) is 0. The van der Waals surface area contributed by atoms with Crippen LogP contribution in [0.5, 0.6) is 5.75 Å². The molecule has 6 rings (SSSR count). The molecule has 2 aromatic carbocycles. The fourth-order valence-corrected chi connectivity index (χ4v) is 5.89. The topological polar surface area (TPSA) is 65.0 Å². The predicted molar refractivity (Wildman–Crippen MR) is 140 cm³/mol. The van der Waals surface area contributed by atoms with E-state index < -0.39 is 6.10 Å². The summed E-state index contributed by atoms with van der Waals surface area (Å²) in [4.78, 5) is 17.9. The van der Waals surface area contributed by atoms with Crippen molar-refractivity contribution in [1.29, 1.82) is 0 Å². The molecule has 1 aromatic heterocycles. The summed E-state index contributed by atoms with van der Waals surface area (Å²) >= 11 is 1.75. The number of rotatable bonds is 9. The van der Waals surface area contributed by atoms with Crippen molar-refractivity contribution in [1.82, 2.24) is 10.2 Å². The summed E-state index contributed by atoms with van der Waals surface area (Å²) in [6.45, 7) is 4.29. The minimum Gasteiger partial charge on any atom is -0.490 e. The molecule has 2 N–H and O–H groups in total. The Morgan fingerprint density at radius 1 is 1.09 bits per heavy atom. The van der Waals surface area contributed by atoms with Crippen molar-refractivity contribution in [3.05, 3.63) is 59.5 Å². The molecule has 2 aliphatic heterocycles. The van der Waals surface area contributed by atoms with Crippen LogP contribution in [0.25, 0.3) is 10.1 Å². The fourth-order valence-electron chi connectivity index (χ4n) is 5.07. The van der Waals surface area contributed by atoms with Crippen LogP contribution in [0, 0.1) is 5.92 Å². The minimum absolute atomic E-state index is 0.0444. The summed E-state index contributed by atoms with van der Waals surface area (Å²) in [5.74, 6) is 0.816. The first kappa shape index (κ1) is 22.8. The van der Waals surface area contributed by atoms with E-state index in [0.717, 1.165) is 50.2 Å². The number of carbonyl (C=O) groups excluding carboxylic acids is 1. The van der Waals surface area contributed by atoms with Gasteiger partial charge < -0.3 is 25.0 Å². The molecule has 35 heavy (non-hydrogen) atoms. The Balaban J connectivity index is 1.11. The number of thiophene rings is 1. The van der Waals surface area contributed by atoms with Gasteiger partial charge in [0.15, 0.2) is 0 Å². The molecule has 2 saturated heterocycles. The van der Waals surface area contributed by atoms with Crippen molar-refractivity contribution in [3.8, 4) is 5.75 Å². The third-order valence-corrected chi connectivity index (χ3v) is 8.40. The zero-order valence-electron chi connectivity index (χ0n) is 19.9. The molecular formula is C28H33N3O3S. The summed E-state index contributed by atoms with van der Waals surface area (Å²) in [6.07, 6.45) is 3.84. The molecule has 3 aromatic rings. The summed E-state index contributed by atoms with van der Waals surface area (Å²) in [5, 5.41) is 17.9. The Labute approximate surface area is 210 Å². The second-order valence-corrected chi connectivity index (χ2v) is 11.1. The van der Waals surface area contributed by atoms with Crippen molar-refractivity contribution >= 4 is 33.0 Å². The van der Waals surface area contributed by atoms with Gasteiger partial charge in [0.25, 0.3) is 0 Å². The largest absolute Gasteiger partial charge is 0.490 e. The smallest absolute Gasteiger partial charge is 0.225 e. The van der Waals surface area contributed by atoms with Gasteiger partial charge in [0.05, 0.1) is 18.1 Å². The molecule has 6 nitrogen and oxygen atoms in total. The van der Waals surface area contributed by atoms with E-state index in [-0.39, 0.29) is 17.9 Å². The lowest BCUT2D eigenvalue weighted by Gasteiger charge is -2.36. The predicted octanol–water partition coefficient (Wildman–Crippen LogP) is 4.19. The van der Waals surface area contributed by atoms with Crippen LogP contribution in [0.3, 0.4) is 0 Å². The molecule has 1 saturated carbocycles. The number of carbonyl (C=O) groups is 1. The van der Waals surface area contributed by atoms with Crippen LogP contribution in [0.15, 0.2) is 53.9 Å². The van der Waals surface area contributed by atoms with Gasteiger partial charge in [0, 0.05) is 30.0 Å². The van der Waals surface area contributed by atoms with Gasteiger partial charge in [-0.3, -0.25) is 4.79 Å². The van der Waals surface area contributed by atoms with Crippen molar-refractivity contribution in [2.75, 3.05) is 37.6 Å². The second kappa shape index (κ2) is 9.80. The number of hydrogen-bond acceptors (Lipinski definition) is 6. The Kier molecular flexibility index (Phi) is 6.39. The molecule has 3 heterocycles. The van der Waals surface area contributed by atoms with Crippen LogP contribution >= 0.6 is 11.3 Å². The van der Waals surface area contributed by atoms with E-state index in [1.165, 1.54) is 22.2 Å². The third kappa shape index (κ3) is 5.17. The highest BCUT2D eigenvalue weighted by Gasteiger charge is 2.33. The lowest BCUT2D eigenvalue weighted by Crippen LogP contribution is -2.52. The number of likely N-dealkylation sites (tertiary alicyclic amines) is 1. The van der Waals surface area contributed by atoms with Crippen LogP contribution in [0.1, 0.15) is 37.4 Å². The van der Waals surface area contributed by atoms with E-state index in [2.05, 4.69) is 44.8 Å². The second-order valence-electron chi connectivity index (χ2n) is 10.2. The van der Waals surface area contributed by atoms with Gasteiger partial charge in [-0.1, -0.05) is 18.2 Å². The highest BCUT2D eigenvalue weighted by molar-refractivity contribution is 7.17. The molecule has 3 unspecified atom stereocenters. The minimum atomic E-state index is -0.756. The van der Waals surface area contributed by atoms with Crippen molar-refractivity contribution in [3.63, 3.8) is 0 Å². The SMILES string of the molecule is O=C(NC(CN1CCC1)C(O)c1ccc(OC2CC2)cc1)C1CCN(c2ccc3ccsc3c2)C1.